The summed E-state index contributed by atoms with van der Waals surface area (Å²) in [4.78, 5) is 15.5. The second-order valence-corrected chi connectivity index (χ2v) is 4.39. The number of halogens is 1. The minimum atomic E-state index is -0.995. The number of aryl methyl sites for hydroxylation is 1. The summed E-state index contributed by atoms with van der Waals surface area (Å²) in [5.41, 5.74) is 1.67. The van der Waals surface area contributed by atoms with Crippen LogP contribution in [0.4, 0.5) is 4.39 Å². The summed E-state index contributed by atoms with van der Waals surface area (Å²) in [6, 6.07) is 9.77. The first kappa shape index (κ1) is 13.2. The fourth-order valence-corrected chi connectivity index (χ4v) is 2.05. The molecule has 2 rings (SSSR count). The third kappa shape index (κ3) is 2.96. The van der Waals surface area contributed by atoms with Gasteiger partial charge in [-0.1, -0.05) is 24.3 Å². The summed E-state index contributed by atoms with van der Waals surface area (Å²) >= 11 is 0. The normalized spacial score (nSPS) is 12.1. The highest BCUT2D eigenvalue weighted by Gasteiger charge is 2.24. The molecule has 3 nitrogen and oxygen atoms in total. The fraction of sp³-hybridized carbons (Fsp3) is 0.200. The summed E-state index contributed by atoms with van der Waals surface area (Å²) in [5, 5.41) is 9.34. The van der Waals surface area contributed by atoms with Gasteiger partial charge in [0.1, 0.15) is 11.7 Å². The third-order valence-electron chi connectivity index (χ3n) is 3.06. The Hall–Kier alpha value is -2.23. The lowest BCUT2D eigenvalue weighted by Crippen LogP contribution is -2.17. The van der Waals surface area contributed by atoms with E-state index in [-0.39, 0.29) is 12.2 Å². The van der Waals surface area contributed by atoms with Crippen LogP contribution >= 0.6 is 0 Å². The molecule has 1 atom stereocenters. The number of nitrogens with zero attached hydrogens (tertiary/aromatic N) is 1. The Labute approximate surface area is 110 Å². The van der Waals surface area contributed by atoms with Crippen LogP contribution < -0.4 is 0 Å². The Kier molecular flexibility index (Phi) is 3.90. The number of carboxylic acids is 1. The van der Waals surface area contributed by atoms with Crippen molar-refractivity contribution < 1.29 is 14.3 Å². The predicted octanol–water partition coefficient (Wildman–Crippen LogP) is 2.94. The van der Waals surface area contributed by atoms with Gasteiger partial charge < -0.3 is 5.11 Å². The van der Waals surface area contributed by atoms with Crippen molar-refractivity contribution in [3.8, 4) is 0 Å². The quantitative estimate of drug-likeness (QED) is 0.918. The van der Waals surface area contributed by atoms with E-state index in [9.17, 15) is 14.3 Å². The maximum atomic E-state index is 13.6. The van der Waals surface area contributed by atoms with Gasteiger partial charge in [-0.3, -0.25) is 9.78 Å². The highest BCUT2D eigenvalue weighted by molar-refractivity contribution is 5.76. The maximum absolute atomic E-state index is 13.6. The molecule has 1 aromatic heterocycles. The van der Waals surface area contributed by atoms with Crippen LogP contribution in [-0.2, 0) is 11.2 Å². The van der Waals surface area contributed by atoms with Crippen molar-refractivity contribution in [2.75, 3.05) is 0 Å². The van der Waals surface area contributed by atoms with Crippen LogP contribution in [0.2, 0.25) is 0 Å². The number of aromatic nitrogens is 1. The molecule has 2 aromatic rings. The summed E-state index contributed by atoms with van der Waals surface area (Å²) in [7, 11) is 0. The molecule has 0 saturated heterocycles. The minimum absolute atomic E-state index is 0.0971. The summed E-state index contributed by atoms with van der Waals surface area (Å²) in [6.07, 6.45) is 1.65. The molecule has 0 fully saturated rings. The maximum Gasteiger partial charge on any atom is 0.312 e. The number of rotatable bonds is 4. The molecule has 98 valence electrons. The molecule has 0 bridgehead atoms. The number of benzene rings is 1. The van der Waals surface area contributed by atoms with Gasteiger partial charge in [-0.25, -0.2) is 4.39 Å². The molecule has 0 aliphatic carbocycles. The first-order valence-electron chi connectivity index (χ1n) is 5.97. The topological polar surface area (TPSA) is 50.2 Å². The standard InChI is InChI=1S/C15H14FNO2/c1-10-5-4-8-17-14(10)12(15(18)19)9-11-6-2-3-7-13(11)16/h2-8,12H,9H2,1H3,(H,18,19). The first-order valence-corrected chi connectivity index (χ1v) is 5.97. The van der Waals surface area contributed by atoms with Gasteiger partial charge in [-0.15, -0.1) is 0 Å². The lowest BCUT2D eigenvalue weighted by molar-refractivity contribution is -0.138. The zero-order valence-corrected chi connectivity index (χ0v) is 10.5. The highest BCUT2D eigenvalue weighted by atomic mass is 19.1. The van der Waals surface area contributed by atoms with Gasteiger partial charge >= 0.3 is 5.97 Å². The van der Waals surface area contributed by atoms with Crippen molar-refractivity contribution in [1.82, 2.24) is 4.98 Å². The molecular formula is C15H14FNO2. The van der Waals surface area contributed by atoms with E-state index in [2.05, 4.69) is 4.98 Å². The van der Waals surface area contributed by atoms with Crippen molar-refractivity contribution >= 4 is 5.97 Å². The van der Waals surface area contributed by atoms with E-state index < -0.39 is 11.9 Å². The smallest absolute Gasteiger partial charge is 0.312 e. The number of pyridine rings is 1. The Bertz CT molecular complexity index is 598. The first-order chi connectivity index (χ1) is 9.09. The average molecular weight is 259 g/mol. The van der Waals surface area contributed by atoms with Crippen LogP contribution in [0.5, 0.6) is 0 Å². The van der Waals surface area contributed by atoms with E-state index in [4.69, 9.17) is 0 Å². The van der Waals surface area contributed by atoms with Gasteiger partial charge in [0.15, 0.2) is 0 Å². The SMILES string of the molecule is Cc1cccnc1C(Cc1ccccc1F)C(=O)O. The third-order valence-corrected chi connectivity index (χ3v) is 3.06. The van der Waals surface area contributed by atoms with Crippen molar-refractivity contribution in [3.63, 3.8) is 0 Å². The van der Waals surface area contributed by atoms with E-state index in [1.165, 1.54) is 6.07 Å². The second kappa shape index (κ2) is 5.61. The molecule has 0 aliphatic rings. The number of aliphatic carboxylic acids is 1. The molecule has 0 radical (unpaired) electrons. The molecule has 0 amide bonds. The summed E-state index contributed by atoms with van der Waals surface area (Å²) in [5.74, 6) is -2.22. The van der Waals surface area contributed by atoms with Gasteiger partial charge in [0.25, 0.3) is 0 Å². The molecule has 1 heterocycles. The van der Waals surface area contributed by atoms with E-state index in [0.29, 0.717) is 11.3 Å². The lowest BCUT2D eigenvalue weighted by Gasteiger charge is -2.14. The monoisotopic (exact) mass is 259 g/mol. The fourth-order valence-electron chi connectivity index (χ4n) is 2.05. The van der Waals surface area contributed by atoms with Crippen molar-refractivity contribution in [3.05, 3.63) is 65.2 Å². The van der Waals surface area contributed by atoms with Crippen LogP contribution in [0, 0.1) is 12.7 Å². The zero-order valence-electron chi connectivity index (χ0n) is 10.5. The van der Waals surface area contributed by atoms with Crippen LogP contribution in [0.1, 0.15) is 22.7 Å². The molecule has 0 saturated carbocycles. The van der Waals surface area contributed by atoms with Crippen LogP contribution in [0.3, 0.4) is 0 Å². The van der Waals surface area contributed by atoms with Gasteiger partial charge in [-0.2, -0.15) is 0 Å². The van der Waals surface area contributed by atoms with Crippen molar-refractivity contribution in [2.24, 2.45) is 0 Å². The van der Waals surface area contributed by atoms with Crippen molar-refractivity contribution in [1.29, 1.82) is 0 Å². The molecule has 4 heteroatoms. The van der Waals surface area contributed by atoms with Gasteiger partial charge in [-0.05, 0) is 36.6 Å². The second-order valence-electron chi connectivity index (χ2n) is 4.39. The van der Waals surface area contributed by atoms with Crippen LogP contribution in [0.25, 0.3) is 0 Å². The number of carbonyl (C=O) groups is 1. The largest absolute Gasteiger partial charge is 0.481 e. The molecule has 1 aromatic carbocycles. The van der Waals surface area contributed by atoms with Crippen LogP contribution in [-0.4, -0.2) is 16.1 Å². The molecule has 1 unspecified atom stereocenters. The summed E-state index contributed by atoms with van der Waals surface area (Å²) in [6.45, 7) is 1.81. The van der Waals surface area contributed by atoms with E-state index in [1.54, 1.807) is 43.5 Å². The average Bonchev–Trinajstić information content (AvgIpc) is 2.38. The molecule has 0 spiro atoms. The minimum Gasteiger partial charge on any atom is -0.481 e. The zero-order chi connectivity index (χ0) is 13.8. The Morgan fingerprint density at radius 2 is 2.05 bits per heavy atom. The summed E-state index contributed by atoms with van der Waals surface area (Å²) < 4.78 is 13.6. The highest BCUT2D eigenvalue weighted by Crippen LogP contribution is 2.23. The Balaban J connectivity index is 2.35. The Morgan fingerprint density at radius 1 is 1.32 bits per heavy atom. The van der Waals surface area contributed by atoms with E-state index in [1.807, 2.05) is 0 Å². The Morgan fingerprint density at radius 3 is 2.68 bits per heavy atom. The number of hydrogen-bond donors (Lipinski definition) is 1. The van der Waals surface area contributed by atoms with Gasteiger partial charge in [0.2, 0.25) is 0 Å². The van der Waals surface area contributed by atoms with Gasteiger partial charge in [0.05, 0.1) is 5.69 Å². The molecule has 1 N–H and O–H groups in total. The van der Waals surface area contributed by atoms with Crippen LogP contribution in [0.15, 0.2) is 42.6 Å². The molecule has 0 aliphatic heterocycles. The van der Waals surface area contributed by atoms with E-state index in [0.717, 1.165) is 5.56 Å². The number of hydrogen-bond acceptors (Lipinski definition) is 2. The number of carboxylic acid groups (broad SMARTS) is 1. The van der Waals surface area contributed by atoms with E-state index >= 15 is 0 Å². The predicted molar refractivity (Wildman–Crippen MR) is 69.5 cm³/mol. The van der Waals surface area contributed by atoms with Crippen molar-refractivity contribution in [2.45, 2.75) is 19.3 Å². The van der Waals surface area contributed by atoms with Gasteiger partial charge in [0, 0.05) is 6.20 Å². The molecule has 19 heavy (non-hydrogen) atoms. The molecular weight excluding hydrogens is 245 g/mol. The lowest BCUT2D eigenvalue weighted by atomic mass is 9.93.